The van der Waals surface area contributed by atoms with Crippen molar-refractivity contribution < 1.29 is 4.74 Å². The number of aromatic nitrogens is 2. The molecule has 0 bridgehead atoms. The molecule has 2 heterocycles. The van der Waals surface area contributed by atoms with Gasteiger partial charge in [-0.2, -0.15) is 0 Å². The van der Waals surface area contributed by atoms with Crippen molar-refractivity contribution in [3.63, 3.8) is 0 Å². The molecule has 0 saturated carbocycles. The lowest BCUT2D eigenvalue weighted by molar-refractivity contribution is 0.0232. The van der Waals surface area contributed by atoms with E-state index in [0.29, 0.717) is 17.2 Å². The van der Waals surface area contributed by atoms with Gasteiger partial charge in [-0.05, 0) is 38.0 Å². The normalized spacial score (nSPS) is 23.5. The molecule has 0 amide bonds. The molecule has 19 heavy (non-hydrogen) atoms. The van der Waals surface area contributed by atoms with Crippen LogP contribution in [0.4, 0.5) is 5.82 Å². The number of rotatable bonds is 2. The number of nitrogens with one attached hydrogen (secondary N) is 1. The summed E-state index contributed by atoms with van der Waals surface area (Å²) in [5.74, 6) is 0.876. The molecule has 1 aliphatic heterocycles. The van der Waals surface area contributed by atoms with Gasteiger partial charge < -0.3 is 10.1 Å². The summed E-state index contributed by atoms with van der Waals surface area (Å²) < 4.78 is 5.56. The Hall–Kier alpha value is -1.39. The fourth-order valence-corrected chi connectivity index (χ4v) is 2.63. The maximum atomic E-state index is 5.98. The number of anilines is 1. The fourth-order valence-electron chi connectivity index (χ4n) is 2.47. The first-order valence-electron chi connectivity index (χ1n) is 6.51. The topological polar surface area (TPSA) is 47.0 Å². The van der Waals surface area contributed by atoms with Crippen LogP contribution in [-0.4, -0.2) is 28.7 Å². The minimum absolute atomic E-state index is 0.300. The highest BCUT2D eigenvalue weighted by molar-refractivity contribution is 6.31. The number of ether oxygens (including phenoxy) is 1. The van der Waals surface area contributed by atoms with Crippen molar-refractivity contribution in [3.8, 4) is 0 Å². The number of hydrogen-bond donors (Lipinski definition) is 1. The SMILES string of the molecule is C[C@H]1C[C@H](Nc2ncnc3cc(Cl)ccc23)CCO1. The largest absolute Gasteiger partial charge is 0.378 e. The number of fused-ring (bicyclic) bond motifs is 1. The van der Waals surface area contributed by atoms with E-state index >= 15 is 0 Å². The van der Waals surface area contributed by atoms with Crippen molar-refractivity contribution >= 4 is 28.3 Å². The predicted molar refractivity (Wildman–Crippen MR) is 76.6 cm³/mol. The summed E-state index contributed by atoms with van der Waals surface area (Å²) in [6.45, 7) is 2.90. The van der Waals surface area contributed by atoms with Gasteiger partial charge >= 0.3 is 0 Å². The molecule has 3 rings (SSSR count). The monoisotopic (exact) mass is 277 g/mol. The van der Waals surface area contributed by atoms with Crippen molar-refractivity contribution in [2.75, 3.05) is 11.9 Å². The average Bonchev–Trinajstić information content (AvgIpc) is 2.38. The zero-order chi connectivity index (χ0) is 13.2. The quantitative estimate of drug-likeness (QED) is 0.915. The van der Waals surface area contributed by atoms with Crippen LogP contribution < -0.4 is 5.32 Å². The maximum Gasteiger partial charge on any atom is 0.137 e. The summed E-state index contributed by atoms with van der Waals surface area (Å²) in [5.41, 5.74) is 0.866. The molecule has 2 aromatic rings. The first kappa shape index (κ1) is 12.6. The Morgan fingerprint density at radius 2 is 2.26 bits per heavy atom. The van der Waals surface area contributed by atoms with Gasteiger partial charge in [0.25, 0.3) is 0 Å². The van der Waals surface area contributed by atoms with Gasteiger partial charge in [0.15, 0.2) is 0 Å². The zero-order valence-electron chi connectivity index (χ0n) is 10.8. The molecular weight excluding hydrogens is 262 g/mol. The molecule has 4 nitrogen and oxygen atoms in total. The first-order valence-corrected chi connectivity index (χ1v) is 6.88. The van der Waals surface area contributed by atoms with Gasteiger partial charge in [0.1, 0.15) is 12.1 Å². The summed E-state index contributed by atoms with van der Waals surface area (Å²) in [5, 5.41) is 5.20. The van der Waals surface area contributed by atoms with Gasteiger partial charge in [0, 0.05) is 23.1 Å². The molecule has 0 aliphatic carbocycles. The van der Waals surface area contributed by atoms with Crippen LogP contribution in [0.1, 0.15) is 19.8 Å². The third-order valence-corrected chi connectivity index (χ3v) is 3.66. The van der Waals surface area contributed by atoms with E-state index in [1.807, 2.05) is 18.2 Å². The number of nitrogens with zero attached hydrogens (tertiary/aromatic N) is 2. The van der Waals surface area contributed by atoms with Gasteiger partial charge in [-0.3, -0.25) is 0 Å². The highest BCUT2D eigenvalue weighted by atomic mass is 35.5. The molecule has 5 heteroatoms. The molecule has 1 fully saturated rings. The minimum Gasteiger partial charge on any atom is -0.378 e. The smallest absolute Gasteiger partial charge is 0.137 e. The average molecular weight is 278 g/mol. The first-order chi connectivity index (χ1) is 9.22. The van der Waals surface area contributed by atoms with E-state index in [4.69, 9.17) is 16.3 Å². The van der Waals surface area contributed by atoms with Crippen molar-refractivity contribution in [2.24, 2.45) is 0 Å². The van der Waals surface area contributed by atoms with Crippen molar-refractivity contribution in [1.82, 2.24) is 9.97 Å². The van der Waals surface area contributed by atoms with Crippen molar-refractivity contribution in [2.45, 2.75) is 31.9 Å². The number of hydrogen-bond acceptors (Lipinski definition) is 4. The maximum absolute atomic E-state index is 5.98. The standard InChI is InChI=1S/C14H16ClN3O/c1-9-6-11(4-5-19-9)18-14-12-3-2-10(15)7-13(12)16-8-17-14/h2-3,7-9,11H,4-6H2,1H3,(H,16,17,18)/t9-,11+/m0/s1. The Morgan fingerprint density at radius 1 is 1.37 bits per heavy atom. The minimum atomic E-state index is 0.300. The number of benzene rings is 1. The Bertz CT molecular complexity index is 590. The fraction of sp³-hybridized carbons (Fsp3) is 0.429. The summed E-state index contributed by atoms with van der Waals surface area (Å²) in [6, 6.07) is 6.09. The predicted octanol–water partition coefficient (Wildman–Crippen LogP) is 3.26. The van der Waals surface area contributed by atoms with E-state index in [9.17, 15) is 0 Å². The highest BCUT2D eigenvalue weighted by Gasteiger charge is 2.20. The van der Waals surface area contributed by atoms with E-state index in [2.05, 4.69) is 22.2 Å². The molecule has 2 atom stereocenters. The molecule has 1 aliphatic rings. The lowest BCUT2D eigenvalue weighted by atomic mass is 10.0. The molecule has 1 saturated heterocycles. The molecule has 0 radical (unpaired) electrons. The van der Waals surface area contributed by atoms with Gasteiger partial charge in [-0.25, -0.2) is 9.97 Å². The molecule has 0 unspecified atom stereocenters. The second-order valence-corrected chi connectivity index (χ2v) is 5.37. The summed E-state index contributed by atoms with van der Waals surface area (Å²) in [7, 11) is 0. The van der Waals surface area contributed by atoms with Crippen LogP contribution in [0, 0.1) is 0 Å². The van der Waals surface area contributed by atoms with E-state index < -0.39 is 0 Å². The van der Waals surface area contributed by atoms with Crippen LogP contribution in [0.25, 0.3) is 10.9 Å². The van der Waals surface area contributed by atoms with Crippen LogP contribution in [-0.2, 0) is 4.74 Å². The van der Waals surface area contributed by atoms with Crippen LogP contribution in [0.15, 0.2) is 24.5 Å². The second-order valence-electron chi connectivity index (χ2n) is 4.93. The lowest BCUT2D eigenvalue weighted by Crippen LogP contribution is -2.32. The van der Waals surface area contributed by atoms with E-state index in [1.54, 1.807) is 6.33 Å². The van der Waals surface area contributed by atoms with Crippen LogP contribution in [0.5, 0.6) is 0 Å². The Balaban J connectivity index is 1.88. The van der Waals surface area contributed by atoms with Crippen LogP contribution in [0.3, 0.4) is 0 Å². The Labute approximate surface area is 117 Å². The molecular formula is C14H16ClN3O. The van der Waals surface area contributed by atoms with Gasteiger partial charge in [0.2, 0.25) is 0 Å². The van der Waals surface area contributed by atoms with Crippen molar-refractivity contribution in [3.05, 3.63) is 29.5 Å². The third-order valence-electron chi connectivity index (χ3n) is 3.42. The molecule has 1 aromatic heterocycles. The summed E-state index contributed by atoms with van der Waals surface area (Å²) >= 11 is 5.98. The van der Waals surface area contributed by atoms with Crippen LogP contribution in [0.2, 0.25) is 5.02 Å². The Morgan fingerprint density at radius 3 is 3.11 bits per heavy atom. The van der Waals surface area contributed by atoms with E-state index in [-0.39, 0.29) is 0 Å². The molecule has 0 spiro atoms. The van der Waals surface area contributed by atoms with Gasteiger partial charge in [0.05, 0.1) is 11.6 Å². The molecule has 100 valence electrons. The lowest BCUT2D eigenvalue weighted by Gasteiger charge is -2.28. The van der Waals surface area contributed by atoms with Crippen molar-refractivity contribution in [1.29, 1.82) is 0 Å². The van der Waals surface area contributed by atoms with E-state index in [1.165, 1.54) is 0 Å². The second kappa shape index (κ2) is 5.31. The number of halogens is 1. The van der Waals surface area contributed by atoms with Gasteiger partial charge in [-0.1, -0.05) is 11.6 Å². The summed E-state index contributed by atoms with van der Waals surface area (Å²) in [6.07, 6.45) is 3.88. The zero-order valence-corrected chi connectivity index (χ0v) is 11.5. The molecule has 1 N–H and O–H groups in total. The Kier molecular flexibility index (Phi) is 3.53. The highest BCUT2D eigenvalue weighted by Crippen LogP contribution is 2.25. The van der Waals surface area contributed by atoms with Crippen LogP contribution >= 0.6 is 11.6 Å². The van der Waals surface area contributed by atoms with E-state index in [0.717, 1.165) is 36.2 Å². The summed E-state index contributed by atoms with van der Waals surface area (Å²) in [4.78, 5) is 8.60. The third kappa shape index (κ3) is 2.80. The molecule has 1 aromatic carbocycles. The van der Waals surface area contributed by atoms with Gasteiger partial charge in [-0.15, -0.1) is 0 Å².